The molecule has 2 atom stereocenters. The second-order valence-electron chi connectivity index (χ2n) is 5.82. The molecule has 0 bridgehead atoms. The summed E-state index contributed by atoms with van der Waals surface area (Å²) in [5.41, 5.74) is 0. The molecule has 0 aromatic carbocycles. The van der Waals surface area contributed by atoms with Crippen molar-refractivity contribution in [3.8, 4) is 0 Å². The normalized spacial score (nSPS) is 36.4. The van der Waals surface area contributed by atoms with Crippen LogP contribution in [0.3, 0.4) is 0 Å². The average molecular weight is 225 g/mol. The van der Waals surface area contributed by atoms with Crippen molar-refractivity contribution < 1.29 is 0 Å². The maximum absolute atomic E-state index is 3.83. The molecule has 0 amide bonds. The van der Waals surface area contributed by atoms with Gasteiger partial charge < -0.3 is 5.32 Å². The molecule has 2 unspecified atom stereocenters. The van der Waals surface area contributed by atoms with E-state index in [0.717, 1.165) is 29.0 Å². The first kappa shape index (κ1) is 10.5. The van der Waals surface area contributed by atoms with Gasteiger partial charge in [-0.2, -0.15) is 11.8 Å². The van der Waals surface area contributed by atoms with E-state index in [4.69, 9.17) is 0 Å². The van der Waals surface area contributed by atoms with Gasteiger partial charge in [-0.1, -0.05) is 6.92 Å². The number of hydrogen-bond acceptors (Lipinski definition) is 2. The number of rotatable bonds is 5. The summed E-state index contributed by atoms with van der Waals surface area (Å²) in [6.45, 7) is 3.69. The van der Waals surface area contributed by atoms with Gasteiger partial charge >= 0.3 is 0 Å². The van der Waals surface area contributed by atoms with Crippen molar-refractivity contribution in [1.82, 2.24) is 5.32 Å². The molecule has 1 saturated heterocycles. The van der Waals surface area contributed by atoms with Crippen LogP contribution in [-0.4, -0.2) is 23.6 Å². The zero-order valence-electron chi connectivity index (χ0n) is 9.74. The smallest absolute Gasteiger partial charge is 0.0168 e. The van der Waals surface area contributed by atoms with Crippen LogP contribution in [0.4, 0.5) is 0 Å². The van der Waals surface area contributed by atoms with Gasteiger partial charge in [-0.3, -0.25) is 0 Å². The summed E-state index contributed by atoms with van der Waals surface area (Å²) >= 11 is 2.14. The van der Waals surface area contributed by atoms with Crippen molar-refractivity contribution in [3.05, 3.63) is 0 Å². The zero-order valence-corrected chi connectivity index (χ0v) is 10.6. The minimum atomic E-state index is 0.824. The fourth-order valence-electron chi connectivity index (χ4n) is 3.03. The van der Waals surface area contributed by atoms with Crippen LogP contribution in [0.15, 0.2) is 0 Å². The third-order valence-electron chi connectivity index (χ3n) is 4.30. The molecule has 0 radical (unpaired) electrons. The van der Waals surface area contributed by atoms with Crippen molar-refractivity contribution in [2.24, 2.45) is 17.8 Å². The predicted octanol–water partition coefficient (Wildman–Crippen LogP) is 2.91. The molecule has 1 nitrogen and oxygen atoms in total. The summed E-state index contributed by atoms with van der Waals surface area (Å²) in [7, 11) is 0. The third kappa shape index (κ3) is 2.71. The quantitative estimate of drug-likeness (QED) is 0.772. The van der Waals surface area contributed by atoms with Crippen LogP contribution in [0.2, 0.25) is 0 Å². The van der Waals surface area contributed by atoms with E-state index in [-0.39, 0.29) is 0 Å². The lowest BCUT2D eigenvalue weighted by Gasteiger charge is -2.19. The molecule has 2 aliphatic carbocycles. The Morgan fingerprint density at radius 1 is 1.20 bits per heavy atom. The molecule has 2 saturated carbocycles. The van der Waals surface area contributed by atoms with Gasteiger partial charge in [0.05, 0.1) is 0 Å². The highest BCUT2D eigenvalue weighted by atomic mass is 32.2. The van der Waals surface area contributed by atoms with Crippen molar-refractivity contribution >= 4 is 11.8 Å². The van der Waals surface area contributed by atoms with Crippen LogP contribution in [0, 0.1) is 17.8 Å². The Labute approximate surface area is 97.8 Å². The Morgan fingerprint density at radius 3 is 2.33 bits per heavy atom. The third-order valence-corrected chi connectivity index (χ3v) is 5.65. The highest BCUT2D eigenvalue weighted by molar-refractivity contribution is 8.00. The lowest BCUT2D eigenvalue weighted by atomic mass is 9.97. The topological polar surface area (TPSA) is 12.0 Å². The predicted molar refractivity (Wildman–Crippen MR) is 67.3 cm³/mol. The molecule has 3 aliphatic rings. The van der Waals surface area contributed by atoms with Gasteiger partial charge in [0.25, 0.3) is 0 Å². The average Bonchev–Trinajstić information content (AvgIpc) is 3.09. The molecule has 2 heteroatoms. The largest absolute Gasteiger partial charge is 0.313 e. The van der Waals surface area contributed by atoms with E-state index in [0.29, 0.717) is 0 Å². The second-order valence-corrected chi connectivity index (χ2v) is 7.29. The molecule has 0 spiro atoms. The molecule has 86 valence electrons. The van der Waals surface area contributed by atoms with Crippen LogP contribution < -0.4 is 5.32 Å². The lowest BCUT2D eigenvalue weighted by Crippen LogP contribution is -2.34. The first-order valence-electron chi connectivity index (χ1n) is 6.68. The maximum Gasteiger partial charge on any atom is 0.0168 e. The standard InChI is InChI=1S/C13H23NS/c1-9-6-12(8-15-9)14-7-13(10-2-3-10)11-4-5-11/h9-14H,2-8H2,1H3. The Morgan fingerprint density at radius 2 is 1.87 bits per heavy atom. The van der Waals surface area contributed by atoms with Gasteiger partial charge in [0.1, 0.15) is 0 Å². The summed E-state index contributed by atoms with van der Waals surface area (Å²) in [5, 5.41) is 4.73. The van der Waals surface area contributed by atoms with Crippen LogP contribution in [-0.2, 0) is 0 Å². The Hall–Kier alpha value is 0.310. The van der Waals surface area contributed by atoms with E-state index in [1.54, 1.807) is 0 Å². The van der Waals surface area contributed by atoms with E-state index < -0.39 is 0 Å². The summed E-state index contributed by atoms with van der Waals surface area (Å²) in [4.78, 5) is 0. The van der Waals surface area contributed by atoms with Crippen molar-refractivity contribution in [2.45, 2.75) is 50.3 Å². The Bertz CT molecular complexity index is 211. The molecular weight excluding hydrogens is 202 g/mol. The van der Waals surface area contributed by atoms with E-state index in [1.165, 1.54) is 44.4 Å². The lowest BCUT2D eigenvalue weighted by molar-refractivity contribution is 0.359. The van der Waals surface area contributed by atoms with Gasteiger partial charge in [-0.25, -0.2) is 0 Å². The summed E-state index contributed by atoms with van der Waals surface area (Å²) in [6.07, 6.45) is 7.50. The zero-order chi connectivity index (χ0) is 10.3. The molecule has 1 heterocycles. The van der Waals surface area contributed by atoms with Gasteiger partial charge in [0.2, 0.25) is 0 Å². The number of nitrogens with one attached hydrogen (secondary N) is 1. The van der Waals surface area contributed by atoms with Gasteiger partial charge in [0.15, 0.2) is 0 Å². The van der Waals surface area contributed by atoms with E-state index in [2.05, 4.69) is 24.0 Å². The van der Waals surface area contributed by atoms with Crippen LogP contribution in [0.1, 0.15) is 39.0 Å². The fourth-order valence-corrected chi connectivity index (χ4v) is 4.21. The van der Waals surface area contributed by atoms with E-state index >= 15 is 0 Å². The summed E-state index contributed by atoms with van der Waals surface area (Å²) < 4.78 is 0. The first-order chi connectivity index (χ1) is 7.33. The van der Waals surface area contributed by atoms with Crippen LogP contribution in [0.5, 0.6) is 0 Å². The molecule has 1 N–H and O–H groups in total. The van der Waals surface area contributed by atoms with Gasteiger partial charge in [0, 0.05) is 17.0 Å². The van der Waals surface area contributed by atoms with Crippen molar-refractivity contribution in [3.63, 3.8) is 0 Å². The highest BCUT2D eigenvalue weighted by Gasteiger charge is 2.41. The van der Waals surface area contributed by atoms with E-state index in [1.807, 2.05) is 0 Å². The van der Waals surface area contributed by atoms with Crippen LogP contribution >= 0.6 is 11.8 Å². The highest BCUT2D eigenvalue weighted by Crippen LogP contribution is 2.48. The minimum absolute atomic E-state index is 0.824. The molecule has 3 rings (SSSR count). The van der Waals surface area contributed by atoms with Crippen molar-refractivity contribution in [2.75, 3.05) is 12.3 Å². The van der Waals surface area contributed by atoms with E-state index in [9.17, 15) is 0 Å². The molecular formula is C13H23NS. The van der Waals surface area contributed by atoms with Gasteiger partial charge in [-0.15, -0.1) is 0 Å². The number of thioether (sulfide) groups is 1. The Kier molecular flexibility index (Phi) is 2.99. The van der Waals surface area contributed by atoms with Crippen LogP contribution in [0.25, 0.3) is 0 Å². The summed E-state index contributed by atoms with van der Waals surface area (Å²) in [5.74, 6) is 4.61. The summed E-state index contributed by atoms with van der Waals surface area (Å²) in [6, 6.07) is 0.824. The number of hydrogen-bond donors (Lipinski definition) is 1. The maximum atomic E-state index is 3.83. The monoisotopic (exact) mass is 225 g/mol. The molecule has 3 fully saturated rings. The molecule has 1 aliphatic heterocycles. The van der Waals surface area contributed by atoms with Gasteiger partial charge in [-0.05, 0) is 56.4 Å². The first-order valence-corrected chi connectivity index (χ1v) is 7.73. The van der Waals surface area contributed by atoms with Crippen molar-refractivity contribution in [1.29, 1.82) is 0 Å². The second kappa shape index (κ2) is 4.29. The molecule has 0 aromatic heterocycles. The minimum Gasteiger partial charge on any atom is -0.313 e. The fraction of sp³-hybridized carbons (Fsp3) is 1.00. The Balaban J connectivity index is 1.43. The molecule has 0 aromatic rings. The molecule has 15 heavy (non-hydrogen) atoms. The SMILES string of the molecule is CC1CC(NCC(C2CC2)C2CC2)CS1.